The second-order valence-corrected chi connectivity index (χ2v) is 7.89. The van der Waals surface area contributed by atoms with Crippen LogP contribution in [0.25, 0.3) is 17.1 Å². The second-order valence-electron chi connectivity index (χ2n) is 7.48. The van der Waals surface area contributed by atoms with Crippen molar-refractivity contribution in [2.45, 2.75) is 19.9 Å². The SMILES string of the molecule is COc1cc(-n2cccc2)c(Cl)cc1C(=O)NC(c1nc(-c2ccncc2)no1)C(C)C. The third-order valence-electron chi connectivity index (χ3n) is 5.00. The van der Waals surface area contributed by atoms with E-state index in [0.717, 1.165) is 5.56 Å². The zero-order chi connectivity index (χ0) is 22.7. The molecule has 32 heavy (non-hydrogen) atoms. The average Bonchev–Trinajstić information content (AvgIpc) is 3.50. The predicted molar refractivity (Wildman–Crippen MR) is 120 cm³/mol. The van der Waals surface area contributed by atoms with Gasteiger partial charge in [0.2, 0.25) is 11.7 Å². The Morgan fingerprint density at radius 1 is 1.19 bits per heavy atom. The predicted octanol–water partition coefficient (Wildman–Crippen LogP) is 4.71. The van der Waals surface area contributed by atoms with Crippen LogP contribution in [0.1, 0.15) is 36.1 Å². The molecule has 0 aliphatic rings. The van der Waals surface area contributed by atoms with Crippen LogP contribution in [0.5, 0.6) is 5.75 Å². The number of amides is 1. The average molecular weight is 452 g/mol. The molecule has 0 bridgehead atoms. The Balaban J connectivity index is 1.61. The molecule has 1 aromatic carbocycles. The minimum absolute atomic E-state index is 0.00898. The quantitative estimate of drug-likeness (QED) is 0.437. The van der Waals surface area contributed by atoms with Gasteiger partial charge in [-0.05, 0) is 36.2 Å². The van der Waals surface area contributed by atoms with Crippen LogP contribution in [-0.2, 0) is 0 Å². The summed E-state index contributed by atoms with van der Waals surface area (Å²) in [6, 6.07) is 10.2. The van der Waals surface area contributed by atoms with Crippen molar-refractivity contribution in [2.75, 3.05) is 7.11 Å². The van der Waals surface area contributed by atoms with E-state index < -0.39 is 6.04 Å². The van der Waals surface area contributed by atoms with Crippen molar-refractivity contribution in [2.24, 2.45) is 5.92 Å². The maximum Gasteiger partial charge on any atom is 0.255 e. The van der Waals surface area contributed by atoms with Crippen LogP contribution >= 0.6 is 11.6 Å². The molecular formula is C23H22ClN5O3. The van der Waals surface area contributed by atoms with Crippen LogP contribution in [0.3, 0.4) is 0 Å². The maximum atomic E-state index is 13.2. The van der Waals surface area contributed by atoms with E-state index in [9.17, 15) is 4.79 Å². The fraction of sp³-hybridized carbons (Fsp3) is 0.217. The molecule has 8 nitrogen and oxygen atoms in total. The molecule has 4 aromatic rings. The molecule has 1 unspecified atom stereocenters. The molecule has 0 saturated carbocycles. The number of aromatic nitrogens is 4. The van der Waals surface area contributed by atoms with Gasteiger partial charge in [0.1, 0.15) is 11.8 Å². The molecule has 9 heteroatoms. The Hall–Kier alpha value is -3.65. The summed E-state index contributed by atoms with van der Waals surface area (Å²) < 4.78 is 12.8. The standard InChI is InChI=1S/C23H22ClN5O3/c1-14(2)20(23-27-21(28-32-23)15-6-8-25-9-7-15)26-22(30)16-12-17(24)18(13-19(16)31-3)29-10-4-5-11-29/h4-14,20H,1-3H3,(H,26,30). The van der Waals surface area contributed by atoms with Crippen molar-refractivity contribution in [1.82, 2.24) is 25.0 Å². The van der Waals surface area contributed by atoms with Crippen molar-refractivity contribution in [3.05, 3.63) is 77.7 Å². The van der Waals surface area contributed by atoms with Crippen LogP contribution in [0.4, 0.5) is 0 Å². The molecule has 1 atom stereocenters. The topological polar surface area (TPSA) is 95.1 Å². The Morgan fingerprint density at radius 3 is 2.56 bits per heavy atom. The molecule has 4 rings (SSSR count). The van der Waals surface area contributed by atoms with Gasteiger partial charge in [0, 0.05) is 36.4 Å². The van der Waals surface area contributed by atoms with E-state index in [0.29, 0.717) is 33.7 Å². The van der Waals surface area contributed by atoms with Gasteiger partial charge in [-0.2, -0.15) is 4.98 Å². The highest BCUT2D eigenvalue weighted by atomic mass is 35.5. The van der Waals surface area contributed by atoms with Gasteiger partial charge in [-0.1, -0.05) is 30.6 Å². The lowest BCUT2D eigenvalue weighted by atomic mass is 10.0. The number of nitrogens with one attached hydrogen (secondary N) is 1. The highest BCUT2D eigenvalue weighted by molar-refractivity contribution is 6.33. The first-order chi connectivity index (χ1) is 15.5. The van der Waals surface area contributed by atoms with E-state index in [-0.39, 0.29) is 11.8 Å². The number of methoxy groups -OCH3 is 1. The summed E-state index contributed by atoms with van der Waals surface area (Å²) in [7, 11) is 1.51. The van der Waals surface area contributed by atoms with Gasteiger partial charge in [0.25, 0.3) is 5.91 Å². The van der Waals surface area contributed by atoms with Gasteiger partial charge in [0.05, 0.1) is 23.4 Å². The number of nitrogens with zero attached hydrogens (tertiary/aromatic N) is 4. The van der Waals surface area contributed by atoms with Gasteiger partial charge in [-0.25, -0.2) is 0 Å². The number of rotatable bonds is 7. The normalized spacial score (nSPS) is 12.0. The Kier molecular flexibility index (Phi) is 6.23. The first-order valence-corrected chi connectivity index (χ1v) is 10.4. The van der Waals surface area contributed by atoms with Crippen LogP contribution < -0.4 is 10.1 Å². The summed E-state index contributed by atoms with van der Waals surface area (Å²) in [6.45, 7) is 3.92. The second kappa shape index (κ2) is 9.23. The molecule has 0 fully saturated rings. The highest BCUT2D eigenvalue weighted by Gasteiger charge is 2.27. The van der Waals surface area contributed by atoms with Gasteiger partial charge in [-0.3, -0.25) is 9.78 Å². The van der Waals surface area contributed by atoms with Gasteiger partial charge >= 0.3 is 0 Å². The summed E-state index contributed by atoms with van der Waals surface area (Å²) in [5.74, 6) is 0.782. The van der Waals surface area contributed by atoms with Crippen molar-refractivity contribution in [3.63, 3.8) is 0 Å². The monoisotopic (exact) mass is 451 g/mol. The number of carbonyl (C=O) groups excluding carboxylic acids is 1. The third-order valence-corrected chi connectivity index (χ3v) is 5.30. The van der Waals surface area contributed by atoms with Gasteiger partial charge < -0.3 is 19.1 Å². The number of hydrogen-bond donors (Lipinski definition) is 1. The maximum absolute atomic E-state index is 13.2. The van der Waals surface area contributed by atoms with Crippen LogP contribution in [0.15, 0.2) is 65.7 Å². The summed E-state index contributed by atoms with van der Waals surface area (Å²) in [6.07, 6.45) is 7.04. The molecule has 0 saturated heterocycles. The van der Waals surface area contributed by atoms with Crippen LogP contribution in [0, 0.1) is 5.92 Å². The smallest absolute Gasteiger partial charge is 0.255 e. The fourth-order valence-corrected chi connectivity index (χ4v) is 3.56. The van der Waals surface area contributed by atoms with E-state index in [4.69, 9.17) is 20.9 Å². The fourth-order valence-electron chi connectivity index (χ4n) is 3.29. The zero-order valence-corrected chi connectivity index (χ0v) is 18.6. The number of halogens is 1. The first-order valence-electron chi connectivity index (χ1n) is 10.0. The Morgan fingerprint density at radius 2 is 1.91 bits per heavy atom. The molecule has 0 aliphatic heterocycles. The lowest BCUT2D eigenvalue weighted by Crippen LogP contribution is -2.32. The van der Waals surface area contributed by atoms with Crippen molar-refractivity contribution in [1.29, 1.82) is 0 Å². The molecule has 3 aromatic heterocycles. The highest BCUT2D eigenvalue weighted by Crippen LogP contribution is 2.31. The molecule has 0 aliphatic carbocycles. The molecule has 0 spiro atoms. The van der Waals surface area contributed by atoms with Crippen LogP contribution in [0.2, 0.25) is 5.02 Å². The minimum atomic E-state index is -0.502. The molecular weight excluding hydrogens is 430 g/mol. The third kappa shape index (κ3) is 4.36. The number of hydrogen-bond acceptors (Lipinski definition) is 6. The van der Waals surface area contributed by atoms with Crippen molar-refractivity contribution >= 4 is 17.5 Å². The number of carbonyl (C=O) groups is 1. The number of benzene rings is 1. The van der Waals surface area contributed by atoms with Crippen LogP contribution in [-0.4, -0.2) is 32.7 Å². The number of pyridine rings is 1. The molecule has 1 N–H and O–H groups in total. The molecule has 0 radical (unpaired) electrons. The van der Waals surface area contributed by atoms with E-state index in [1.165, 1.54) is 7.11 Å². The van der Waals surface area contributed by atoms with E-state index in [2.05, 4.69) is 20.4 Å². The van der Waals surface area contributed by atoms with E-state index in [1.54, 1.807) is 36.7 Å². The molecule has 1 amide bonds. The Labute approximate surface area is 190 Å². The van der Waals surface area contributed by atoms with E-state index in [1.807, 2.05) is 42.9 Å². The zero-order valence-electron chi connectivity index (χ0n) is 17.8. The van der Waals surface area contributed by atoms with Crippen molar-refractivity contribution < 1.29 is 14.1 Å². The summed E-state index contributed by atoms with van der Waals surface area (Å²) in [5, 5.41) is 7.44. The first kappa shape index (κ1) is 21.6. The minimum Gasteiger partial charge on any atom is -0.496 e. The largest absolute Gasteiger partial charge is 0.496 e. The molecule has 164 valence electrons. The van der Waals surface area contributed by atoms with E-state index >= 15 is 0 Å². The Bertz CT molecular complexity index is 1210. The van der Waals surface area contributed by atoms with Gasteiger partial charge in [-0.15, -0.1) is 0 Å². The number of ether oxygens (including phenoxy) is 1. The van der Waals surface area contributed by atoms with Crippen molar-refractivity contribution in [3.8, 4) is 22.8 Å². The summed E-state index contributed by atoms with van der Waals surface area (Å²) in [5.41, 5.74) is 1.80. The summed E-state index contributed by atoms with van der Waals surface area (Å²) in [4.78, 5) is 21.7. The lowest BCUT2D eigenvalue weighted by Gasteiger charge is -2.20. The lowest BCUT2D eigenvalue weighted by molar-refractivity contribution is 0.0911. The van der Waals surface area contributed by atoms with Gasteiger partial charge in [0.15, 0.2) is 0 Å². The summed E-state index contributed by atoms with van der Waals surface area (Å²) >= 11 is 6.48. The molecule has 3 heterocycles.